The van der Waals surface area contributed by atoms with Gasteiger partial charge >= 0.3 is 11.9 Å². The van der Waals surface area contributed by atoms with E-state index in [1.807, 2.05) is 0 Å². The standard InChI is InChI=1S/C25H36O4/c1-23(2,3)10-25(11-24(25,4)5)22(27)29-17-7-12-6-14(17)19-15-8-13(18(12)19)16-9-28-21(26)20(15)16/h12-20H,6-11H2,1-5H3. The Kier molecular flexibility index (Phi) is 3.48. The van der Waals surface area contributed by atoms with Gasteiger partial charge in [-0.2, -0.15) is 0 Å². The first-order valence-corrected chi connectivity index (χ1v) is 11.9. The maximum absolute atomic E-state index is 13.4. The largest absolute Gasteiger partial charge is 0.465 e. The fourth-order valence-electron chi connectivity index (χ4n) is 9.26. The summed E-state index contributed by atoms with van der Waals surface area (Å²) in [4.78, 5) is 25.8. The molecular weight excluding hydrogens is 364 g/mol. The molecule has 0 spiro atoms. The van der Waals surface area contributed by atoms with Crippen LogP contribution in [0.5, 0.6) is 0 Å². The Balaban J connectivity index is 1.20. The van der Waals surface area contributed by atoms with Crippen molar-refractivity contribution in [2.75, 3.05) is 6.61 Å². The van der Waals surface area contributed by atoms with E-state index in [2.05, 4.69) is 34.6 Å². The molecule has 0 N–H and O–H groups in total. The first-order valence-electron chi connectivity index (χ1n) is 11.9. The molecule has 1 heterocycles. The van der Waals surface area contributed by atoms with E-state index in [9.17, 15) is 9.59 Å². The second kappa shape index (κ2) is 5.40. The fraction of sp³-hybridized carbons (Fsp3) is 0.920. The van der Waals surface area contributed by atoms with Gasteiger partial charge in [0.05, 0.1) is 17.9 Å². The van der Waals surface area contributed by atoms with Crippen molar-refractivity contribution in [1.82, 2.24) is 0 Å². The lowest BCUT2D eigenvalue weighted by atomic mass is 9.63. The normalized spacial score (nSPS) is 53.0. The quantitative estimate of drug-likeness (QED) is 0.518. The topological polar surface area (TPSA) is 52.6 Å². The maximum atomic E-state index is 13.4. The van der Waals surface area contributed by atoms with Crippen LogP contribution in [0.2, 0.25) is 0 Å². The van der Waals surface area contributed by atoms with Crippen molar-refractivity contribution in [1.29, 1.82) is 0 Å². The van der Waals surface area contributed by atoms with E-state index in [1.165, 1.54) is 12.8 Å². The molecule has 4 nitrogen and oxygen atoms in total. The highest BCUT2D eigenvalue weighted by atomic mass is 16.5. The van der Waals surface area contributed by atoms with Gasteiger partial charge in [-0.1, -0.05) is 34.6 Å². The number of ether oxygens (including phenoxy) is 2. The van der Waals surface area contributed by atoms with Gasteiger partial charge in [-0.25, -0.2) is 0 Å². The minimum absolute atomic E-state index is 0.0464. The van der Waals surface area contributed by atoms with Crippen LogP contribution in [-0.4, -0.2) is 24.6 Å². The number of carbonyl (C=O) groups excluding carboxylic acids is 2. The molecule has 10 unspecified atom stereocenters. The third-order valence-electron chi connectivity index (χ3n) is 10.2. The van der Waals surface area contributed by atoms with E-state index in [-0.39, 0.29) is 40.2 Å². The first-order chi connectivity index (χ1) is 13.5. The van der Waals surface area contributed by atoms with E-state index in [1.54, 1.807) is 0 Å². The molecule has 0 aromatic rings. The van der Waals surface area contributed by atoms with E-state index < -0.39 is 0 Å². The van der Waals surface area contributed by atoms with E-state index in [0.717, 1.165) is 25.2 Å². The van der Waals surface area contributed by atoms with Crippen molar-refractivity contribution in [2.45, 2.75) is 72.8 Å². The Hall–Kier alpha value is -1.06. The number of carbonyl (C=O) groups is 2. The van der Waals surface area contributed by atoms with Crippen molar-refractivity contribution in [3.63, 3.8) is 0 Å². The lowest BCUT2D eigenvalue weighted by molar-refractivity contribution is -0.165. The average Bonchev–Trinajstić information content (AvgIpc) is 3.20. The molecule has 4 bridgehead atoms. The van der Waals surface area contributed by atoms with E-state index in [0.29, 0.717) is 42.1 Å². The van der Waals surface area contributed by atoms with Crippen LogP contribution in [0.25, 0.3) is 0 Å². The zero-order valence-corrected chi connectivity index (χ0v) is 18.6. The van der Waals surface area contributed by atoms with Crippen LogP contribution in [0.1, 0.15) is 66.7 Å². The lowest BCUT2D eigenvalue weighted by Gasteiger charge is -2.42. The van der Waals surface area contributed by atoms with Crippen LogP contribution < -0.4 is 0 Å². The van der Waals surface area contributed by atoms with Gasteiger partial charge in [-0.3, -0.25) is 9.59 Å². The maximum Gasteiger partial charge on any atom is 0.312 e. The fourth-order valence-corrected chi connectivity index (χ4v) is 9.26. The summed E-state index contributed by atoms with van der Waals surface area (Å²) < 4.78 is 11.8. The molecule has 1 aliphatic heterocycles. The second-order valence-electron chi connectivity index (χ2n) is 13.3. The van der Waals surface area contributed by atoms with Crippen molar-refractivity contribution in [2.24, 2.45) is 63.6 Å². The summed E-state index contributed by atoms with van der Waals surface area (Å²) in [5.41, 5.74) is -0.138. The van der Waals surface area contributed by atoms with Crippen LogP contribution in [0, 0.1) is 63.6 Å². The van der Waals surface area contributed by atoms with Gasteiger partial charge in [0, 0.05) is 5.92 Å². The summed E-state index contributed by atoms with van der Waals surface area (Å²) in [5.74, 6) is 4.44. The minimum Gasteiger partial charge on any atom is -0.465 e. The number of cyclic esters (lactones) is 1. The van der Waals surface area contributed by atoms with Crippen LogP contribution >= 0.6 is 0 Å². The monoisotopic (exact) mass is 400 g/mol. The summed E-state index contributed by atoms with van der Waals surface area (Å²) in [6, 6.07) is 0. The van der Waals surface area contributed by atoms with Crippen molar-refractivity contribution in [3.05, 3.63) is 0 Å². The van der Waals surface area contributed by atoms with Gasteiger partial charge in [-0.15, -0.1) is 0 Å². The molecule has 160 valence electrons. The van der Waals surface area contributed by atoms with E-state index >= 15 is 0 Å². The van der Waals surface area contributed by atoms with Gasteiger partial charge in [0.2, 0.25) is 0 Å². The predicted molar refractivity (Wildman–Crippen MR) is 108 cm³/mol. The number of fused-ring (bicyclic) bond motifs is 12. The molecule has 5 saturated carbocycles. The molecule has 6 rings (SSSR count). The Morgan fingerprint density at radius 1 is 1.07 bits per heavy atom. The highest BCUT2D eigenvalue weighted by Gasteiger charge is 2.72. The molecule has 5 aliphatic carbocycles. The van der Waals surface area contributed by atoms with Crippen molar-refractivity contribution < 1.29 is 19.1 Å². The summed E-state index contributed by atoms with van der Waals surface area (Å²) in [6.07, 6.45) is 5.41. The average molecular weight is 401 g/mol. The highest BCUT2D eigenvalue weighted by molar-refractivity contribution is 5.82. The molecule has 0 radical (unpaired) electrons. The predicted octanol–water partition coefficient (Wildman–Crippen LogP) is 4.46. The van der Waals surface area contributed by atoms with Crippen LogP contribution in [0.15, 0.2) is 0 Å². The summed E-state index contributed by atoms with van der Waals surface area (Å²) >= 11 is 0. The zero-order valence-electron chi connectivity index (χ0n) is 18.6. The van der Waals surface area contributed by atoms with Gasteiger partial charge in [0.25, 0.3) is 0 Å². The van der Waals surface area contributed by atoms with Crippen LogP contribution in [-0.2, 0) is 19.1 Å². The minimum atomic E-state index is -0.304. The molecule has 0 aromatic heterocycles. The summed E-state index contributed by atoms with van der Waals surface area (Å²) in [5, 5.41) is 0. The molecule has 6 aliphatic rings. The van der Waals surface area contributed by atoms with Gasteiger partial charge in [0.1, 0.15) is 6.10 Å². The van der Waals surface area contributed by atoms with Gasteiger partial charge in [-0.05, 0) is 78.4 Å². The molecule has 1 saturated heterocycles. The third-order valence-corrected chi connectivity index (χ3v) is 10.2. The molecular formula is C25H36O4. The van der Waals surface area contributed by atoms with Crippen molar-refractivity contribution >= 4 is 11.9 Å². The van der Waals surface area contributed by atoms with Crippen molar-refractivity contribution in [3.8, 4) is 0 Å². The number of rotatable bonds is 3. The molecule has 0 aromatic carbocycles. The number of hydrogen-bond acceptors (Lipinski definition) is 4. The molecule has 29 heavy (non-hydrogen) atoms. The molecule has 4 heteroatoms. The van der Waals surface area contributed by atoms with Crippen LogP contribution in [0.3, 0.4) is 0 Å². The Bertz CT molecular complexity index is 778. The Morgan fingerprint density at radius 3 is 2.45 bits per heavy atom. The highest BCUT2D eigenvalue weighted by Crippen LogP contribution is 2.72. The smallest absolute Gasteiger partial charge is 0.312 e. The Labute approximate surface area is 174 Å². The third kappa shape index (κ3) is 2.32. The summed E-state index contributed by atoms with van der Waals surface area (Å²) in [6.45, 7) is 11.8. The SMILES string of the molecule is CC(C)(C)CC1(C(=O)OC2CC3CC2C2C4CC(C5COC(=O)C54)C32)CC1(C)C. The zero-order chi connectivity index (χ0) is 20.5. The lowest BCUT2D eigenvalue weighted by Crippen LogP contribution is -2.44. The second-order valence-corrected chi connectivity index (χ2v) is 13.3. The van der Waals surface area contributed by atoms with Crippen LogP contribution in [0.4, 0.5) is 0 Å². The molecule has 10 atom stereocenters. The summed E-state index contributed by atoms with van der Waals surface area (Å²) in [7, 11) is 0. The molecule has 0 amide bonds. The Morgan fingerprint density at radius 2 is 1.79 bits per heavy atom. The van der Waals surface area contributed by atoms with E-state index in [4.69, 9.17) is 9.47 Å². The number of hydrogen-bond donors (Lipinski definition) is 0. The van der Waals surface area contributed by atoms with Gasteiger partial charge < -0.3 is 9.47 Å². The first kappa shape index (κ1) is 18.7. The number of esters is 2. The molecule has 6 fully saturated rings. The van der Waals surface area contributed by atoms with Gasteiger partial charge in [0.15, 0.2) is 0 Å².